The van der Waals surface area contributed by atoms with Crippen molar-refractivity contribution in [2.45, 2.75) is 25.7 Å². The summed E-state index contributed by atoms with van der Waals surface area (Å²) < 4.78 is 2.35. The molecule has 0 spiro atoms. The summed E-state index contributed by atoms with van der Waals surface area (Å²) in [6.45, 7) is 0.496. The lowest BCUT2D eigenvalue weighted by molar-refractivity contribution is -0.137. The molecule has 3 aromatic rings. The molecule has 1 amide bonds. The first-order chi connectivity index (χ1) is 16.0. The third-order valence-corrected chi connectivity index (χ3v) is 6.62. The summed E-state index contributed by atoms with van der Waals surface area (Å²) in [6, 6.07) is 19.7. The van der Waals surface area contributed by atoms with E-state index in [2.05, 4.69) is 0 Å². The highest BCUT2D eigenvalue weighted by Crippen LogP contribution is 2.35. The van der Waals surface area contributed by atoms with Crippen molar-refractivity contribution >= 4 is 46.3 Å². The third kappa shape index (κ3) is 5.58. The molecule has 168 valence electrons. The summed E-state index contributed by atoms with van der Waals surface area (Å²) >= 11 is 6.74. The highest BCUT2D eigenvalue weighted by molar-refractivity contribution is 8.26. The van der Waals surface area contributed by atoms with E-state index in [0.717, 1.165) is 28.9 Å². The van der Waals surface area contributed by atoms with E-state index in [0.29, 0.717) is 28.6 Å². The van der Waals surface area contributed by atoms with E-state index in [9.17, 15) is 9.59 Å². The van der Waals surface area contributed by atoms with Gasteiger partial charge in [-0.05, 0) is 31.1 Å². The molecule has 1 saturated heterocycles. The van der Waals surface area contributed by atoms with Crippen LogP contribution in [0.1, 0.15) is 31.2 Å². The molecular formula is C25H23N3O3S2. The molecule has 1 aromatic heterocycles. The number of carboxylic acid groups (broad SMARTS) is 1. The highest BCUT2D eigenvalue weighted by Gasteiger charge is 2.32. The Morgan fingerprint density at radius 2 is 1.73 bits per heavy atom. The number of benzene rings is 2. The Morgan fingerprint density at radius 3 is 2.42 bits per heavy atom. The fourth-order valence-electron chi connectivity index (χ4n) is 3.58. The lowest BCUT2D eigenvalue weighted by Gasteiger charge is -2.13. The number of thioether (sulfide) groups is 1. The number of para-hydroxylation sites is 1. The van der Waals surface area contributed by atoms with Crippen LogP contribution in [-0.2, 0) is 9.59 Å². The Labute approximate surface area is 201 Å². The van der Waals surface area contributed by atoms with Crippen molar-refractivity contribution in [2.75, 3.05) is 6.54 Å². The second kappa shape index (κ2) is 10.6. The number of carbonyl (C=O) groups is 2. The van der Waals surface area contributed by atoms with Crippen LogP contribution in [0.2, 0.25) is 0 Å². The van der Waals surface area contributed by atoms with Gasteiger partial charge in [-0.25, -0.2) is 4.68 Å². The number of unbranched alkanes of at least 4 members (excludes halogenated alkanes) is 2. The van der Waals surface area contributed by atoms with Crippen molar-refractivity contribution in [3.05, 3.63) is 77.3 Å². The van der Waals surface area contributed by atoms with Gasteiger partial charge in [0.2, 0.25) is 0 Å². The number of rotatable bonds is 9. The second-order valence-corrected chi connectivity index (χ2v) is 9.29. The molecule has 6 nitrogen and oxygen atoms in total. The van der Waals surface area contributed by atoms with Gasteiger partial charge < -0.3 is 5.11 Å². The summed E-state index contributed by atoms with van der Waals surface area (Å²) in [6.07, 6.45) is 5.98. The van der Waals surface area contributed by atoms with E-state index in [4.69, 9.17) is 22.4 Å². The summed E-state index contributed by atoms with van der Waals surface area (Å²) in [7, 11) is 0. The van der Waals surface area contributed by atoms with Gasteiger partial charge in [0.05, 0.1) is 16.3 Å². The standard InChI is InChI=1S/C25H23N3O3S2/c29-22(30)14-8-3-9-15-27-24(31)21(33-25(27)32)16-19-17-28(20-12-6-2-7-13-20)26-23(19)18-10-4-1-5-11-18/h1-2,4-7,10-13,16-17H,3,8-9,14-15H2,(H,29,30)/b21-16-. The largest absolute Gasteiger partial charge is 0.481 e. The van der Waals surface area contributed by atoms with Crippen LogP contribution in [-0.4, -0.2) is 42.5 Å². The Balaban J connectivity index is 1.57. The number of thiocarbonyl (C=S) groups is 1. The molecule has 1 fully saturated rings. The Hall–Kier alpha value is -3.23. The molecule has 1 aliphatic rings. The van der Waals surface area contributed by atoms with Gasteiger partial charge in [-0.3, -0.25) is 14.5 Å². The van der Waals surface area contributed by atoms with Crippen molar-refractivity contribution in [1.29, 1.82) is 0 Å². The molecule has 2 aromatic carbocycles. The van der Waals surface area contributed by atoms with Crippen LogP contribution in [0.3, 0.4) is 0 Å². The first kappa shape index (κ1) is 22.9. The summed E-state index contributed by atoms with van der Waals surface area (Å²) in [4.78, 5) is 25.9. The summed E-state index contributed by atoms with van der Waals surface area (Å²) in [5, 5.41) is 13.6. The van der Waals surface area contributed by atoms with E-state index in [-0.39, 0.29) is 12.3 Å². The molecule has 4 rings (SSSR count). The minimum atomic E-state index is -0.797. The molecule has 2 heterocycles. The topological polar surface area (TPSA) is 75.4 Å². The van der Waals surface area contributed by atoms with Gasteiger partial charge in [-0.2, -0.15) is 5.10 Å². The van der Waals surface area contributed by atoms with Crippen LogP contribution in [0.4, 0.5) is 0 Å². The molecule has 0 bridgehead atoms. The number of nitrogens with zero attached hydrogens (tertiary/aromatic N) is 3. The third-order valence-electron chi connectivity index (χ3n) is 5.24. The van der Waals surface area contributed by atoms with Gasteiger partial charge >= 0.3 is 5.97 Å². The smallest absolute Gasteiger partial charge is 0.303 e. The van der Waals surface area contributed by atoms with Crippen molar-refractivity contribution in [1.82, 2.24) is 14.7 Å². The van der Waals surface area contributed by atoms with Gasteiger partial charge in [0.25, 0.3) is 5.91 Å². The number of aromatic nitrogens is 2. The maximum absolute atomic E-state index is 13.0. The first-order valence-corrected chi connectivity index (χ1v) is 11.9. The number of carbonyl (C=O) groups excluding carboxylic acids is 1. The van der Waals surface area contributed by atoms with Gasteiger partial charge in [0, 0.05) is 30.3 Å². The van der Waals surface area contributed by atoms with E-state index in [1.165, 1.54) is 11.8 Å². The predicted molar refractivity (Wildman–Crippen MR) is 135 cm³/mol. The zero-order valence-corrected chi connectivity index (χ0v) is 19.5. The SMILES string of the molecule is O=C(O)CCCCCN1C(=O)/C(=C/c2cn(-c3ccccc3)nc2-c2ccccc2)SC1=S. The number of carboxylic acids is 1. The monoisotopic (exact) mass is 477 g/mol. The Morgan fingerprint density at radius 1 is 1.03 bits per heavy atom. The first-order valence-electron chi connectivity index (χ1n) is 10.7. The van der Waals surface area contributed by atoms with Crippen molar-refractivity contribution < 1.29 is 14.7 Å². The van der Waals surface area contributed by atoms with Crippen molar-refractivity contribution in [3.8, 4) is 16.9 Å². The molecule has 0 saturated carbocycles. The van der Waals surface area contributed by atoms with Crippen molar-refractivity contribution in [3.63, 3.8) is 0 Å². The molecule has 0 radical (unpaired) electrons. The second-order valence-electron chi connectivity index (χ2n) is 7.62. The molecule has 0 atom stereocenters. The zero-order valence-electron chi connectivity index (χ0n) is 17.9. The van der Waals surface area contributed by atoms with Crippen LogP contribution in [0, 0.1) is 0 Å². The minimum absolute atomic E-state index is 0.116. The fourth-order valence-corrected chi connectivity index (χ4v) is 4.88. The van der Waals surface area contributed by atoms with Crippen LogP contribution in [0.15, 0.2) is 71.8 Å². The quantitative estimate of drug-likeness (QED) is 0.253. The average molecular weight is 478 g/mol. The van der Waals surface area contributed by atoms with Gasteiger partial charge in [-0.1, -0.05) is 78.9 Å². The number of hydrogen-bond donors (Lipinski definition) is 1. The summed E-state index contributed by atoms with van der Waals surface area (Å²) in [5.41, 5.74) is 3.53. The van der Waals surface area contributed by atoms with E-state index in [1.54, 1.807) is 4.90 Å². The van der Waals surface area contributed by atoms with E-state index >= 15 is 0 Å². The maximum Gasteiger partial charge on any atom is 0.303 e. The normalized spacial score (nSPS) is 14.9. The maximum atomic E-state index is 13.0. The molecule has 0 unspecified atom stereocenters. The molecule has 0 aliphatic carbocycles. The number of hydrogen-bond acceptors (Lipinski definition) is 5. The Bertz CT molecular complexity index is 1190. The Kier molecular flexibility index (Phi) is 7.36. The molecule has 8 heteroatoms. The van der Waals surface area contributed by atoms with Crippen LogP contribution in [0.25, 0.3) is 23.0 Å². The van der Waals surface area contributed by atoms with Crippen LogP contribution in [0.5, 0.6) is 0 Å². The fraction of sp³-hybridized carbons (Fsp3) is 0.200. The van der Waals surface area contributed by atoms with Gasteiger partial charge in [0.15, 0.2) is 0 Å². The number of amides is 1. The zero-order chi connectivity index (χ0) is 23.2. The lowest BCUT2D eigenvalue weighted by Crippen LogP contribution is -2.29. The van der Waals surface area contributed by atoms with E-state index < -0.39 is 5.97 Å². The van der Waals surface area contributed by atoms with Crippen LogP contribution >= 0.6 is 24.0 Å². The highest BCUT2D eigenvalue weighted by atomic mass is 32.2. The summed E-state index contributed by atoms with van der Waals surface area (Å²) in [5.74, 6) is -0.913. The minimum Gasteiger partial charge on any atom is -0.481 e. The average Bonchev–Trinajstić information content (AvgIpc) is 3.36. The van der Waals surface area contributed by atoms with Crippen molar-refractivity contribution in [2.24, 2.45) is 0 Å². The molecule has 33 heavy (non-hydrogen) atoms. The molecule has 1 N–H and O–H groups in total. The molecule has 1 aliphatic heterocycles. The van der Waals surface area contributed by atoms with Gasteiger partial charge in [-0.15, -0.1) is 0 Å². The van der Waals surface area contributed by atoms with E-state index in [1.807, 2.05) is 77.6 Å². The van der Waals surface area contributed by atoms with Crippen LogP contribution < -0.4 is 0 Å². The number of aliphatic carboxylic acids is 1. The predicted octanol–water partition coefficient (Wildman–Crippen LogP) is 5.39. The molecular weight excluding hydrogens is 454 g/mol. The van der Waals surface area contributed by atoms with Gasteiger partial charge in [0.1, 0.15) is 4.32 Å². The lowest BCUT2D eigenvalue weighted by atomic mass is 10.1.